The highest BCUT2D eigenvalue weighted by molar-refractivity contribution is 5.82. The lowest BCUT2D eigenvalue weighted by Crippen LogP contribution is -2.41. The minimum atomic E-state index is -0.641. The SMILES string of the molecule is O=C(O)C1CC12CCN(C(=O)C1C3CCCCC31)CC2. The first-order valence-corrected chi connectivity index (χ1v) is 8.14. The van der Waals surface area contributed by atoms with Crippen molar-refractivity contribution in [3.63, 3.8) is 0 Å². The molecule has 4 rings (SSSR count). The number of amides is 1. The third-order valence-electron chi connectivity index (χ3n) is 6.50. The zero-order valence-electron chi connectivity index (χ0n) is 11.9. The summed E-state index contributed by atoms with van der Waals surface area (Å²) >= 11 is 0. The maximum atomic E-state index is 12.6. The monoisotopic (exact) mass is 277 g/mol. The number of rotatable bonds is 2. The average Bonchev–Trinajstić information content (AvgIpc) is 3.33. The predicted octanol–water partition coefficient (Wildman–Crippen LogP) is 2.14. The molecule has 0 aromatic carbocycles. The molecule has 4 heteroatoms. The van der Waals surface area contributed by atoms with Crippen molar-refractivity contribution < 1.29 is 14.7 Å². The fourth-order valence-corrected chi connectivity index (χ4v) is 4.99. The molecule has 1 amide bonds. The van der Waals surface area contributed by atoms with E-state index < -0.39 is 5.97 Å². The van der Waals surface area contributed by atoms with Gasteiger partial charge in [-0.1, -0.05) is 12.8 Å². The molecule has 0 bridgehead atoms. The van der Waals surface area contributed by atoms with Gasteiger partial charge < -0.3 is 10.0 Å². The van der Waals surface area contributed by atoms with Gasteiger partial charge in [0, 0.05) is 19.0 Å². The van der Waals surface area contributed by atoms with Crippen LogP contribution in [0.4, 0.5) is 0 Å². The number of hydrogen-bond acceptors (Lipinski definition) is 2. The van der Waals surface area contributed by atoms with Crippen LogP contribution in [0.25, 0.3) is 0 Å². The molecule has 0 aromatic heterocycles. The molecule has 3 aliphatic carbocycles. The molecule has 4 aliphatic rings. The Morgan fingerprint density at radius 3 is 2.15 bits per heavy atom. The zero-order valence-corrected chi connectivity index (χ0v) is 11.9. The Labute approximate surface area is 119 Å². The summed E-state index contributed by atoms with van der Waals surface area (Å²) < 4.78 is 0. The van der Waals surface area contributed by atoms with E-state index in [2.05, 4.69) is 0 Å². The van der Waals surface area contributed by atoms with E-state index in [0.29, 0.717) is 23.7 Å². The summed E-state index contributed by atoms with van der Waals surface area (Å²) in [4.78, 5) is 25.7. The Morgan fingerprint density at radius 2 is 1.65 bits per heavy atom. The van der Waals surface area contributed by atoms with Gasteiger partial charge >= 0.3 is 5.97 Å². The summed E-state index contributed by atoms with van der Waals surface area (Å²) in [5.74, 6) is 1.28. The van der Waals surface area contributed by atoms with Gasteiger partial charge in [0.05, 0.1) is 5.92 Å². The highest BCUT2D eigenvalue weighted by atomic mass is 16.4. The number of hydrogen-bond donors (Lipinski definition) is 1. The summed E-state index contributed by atoms with van der Waals surface area (Å²) in [6.45, 7) is 1.58. The highest BCUT2D eigenvalue weighted by Crippen LogP contribution is 2.60. The first-order valence-electron chi connectivity index (χ1n) is 8.14. The van der Waals surface area contributed by atoms with Crippen molar-refractivity contribution in [1.29, 1.82) is 0 Å². The number of piperidine rings is 1. The van der Waals surface area contributed by atoms with E-state index in [9.17, 15) is 9.59 Å². The number of carbonyl (C=O) groups is 2. The molecule has 3 atom stereocenters. The van der Waals surface area contributed by atoms with E-state index in [-0.39, 0.29) is 11.3 Å². The van der Waals surface area contributed by atoms with E-state index in [1.165, 1.54) is 25.7 Å². The Kier molecular flexibility index (Phi) is 2.67. The fraction of sp³-hybridized carbons (Fsp3) is 0.875. The second kappa shape index (κ2) is 4.22. The molecular formula is C16H23NO3. The van der Waals surface area contributed by atoms with Crippen LogP contribution >= 0.6 is 0 Å². The molecule has 1 aliphatic heterocycles. The van der Waals surface area contributed by atoms with Gasteiger partial charge in [-0.2, -0.15) is 0 Å². The summed E-state index contributed by atoms with van der Waals surface area (Å²) in [6, 6.07) is 0. The molecule has 1 spiro atoms. The number of aliphatic carboxylic acids is 1. The molecule has 110 valence electrons. The van der Waals surface area contributed by atoms with Crippen molar-refractivity contribution in [2.45, 2.75) is 44.9 Å². The maximum absolute atomic E-state index is 12.6. The average molecular weight is 277 g/mol. The lowest BCUT2D eigenvalue weighted by Gasteiger charge is -2.33. The number of likely N-dealkylation sites (tertiary alicyclic amines) is 1. The quantitative estimate of drug-likeness (QED) is 0.841. The van der Waals surface area contributed by atoms with Gasteiger partial charge in [-0.15, -0.1) is 0 Å². The number of carboxylic acid groups (broad SMARTS) is 1. The molecule has 1 saturated heterocycles. The van der Waals surface area contributed by atoms with Gasteiger partial charge in [0.1, 0.15) is 0 Å². The van der Waals surface area contributed by atoms with Crippen molar-refractivity contribution in [3.05, 3.63) is 0 Å². The Balaban J connectivity index is 1.34. The van der Waals surface area contributed by atoms with Crippen molar-refractivity contribution in [1.82, 2.24) is 4.90 Å². The molecule has 4 nitrogen and oxygen atoms in total. The second-order valence-electron chi connectivity index (χ2n) is 7.42. The van der Waals surface area contributed by atoms with Crippen LogP contribution in [0.2, 0.25) is 0 Å². The summed E-state index contributed by atoms with van der Waals surface area (Å²) in [5, 5.41) is 9.10. The van der Waals surface area contributed by atoms with Crippen LogP contribution in [0.5, 0.6) is 0 Å². The molecule has 0 aromatic rings. The largest absolute Gasteiger partial charge is 0.481 e. The van der Waals surface area contributed by atoms with Crippen LogP contribution in [-0.2, 0) is 9.59 Å². The first kappa shape index (κ1) is 12.7. The molecule has 0 radical (unpaired) electrons. The molecule has 1 heterocycles. The lowest BCUT2D eigenvalue weighted by atomic mass is 9.90. The fourth-order valence-electron chi connectivity index (χ4n) is 4.99. The summed E-state index contributed by atoms with van der Waals surface area (Å²) in [5.41, 5.74) is 0.0406. The van der Waals surface area contributed by atoms with Gasteiger partial charge in [0.25, 0.3) is 0 Å². The predicted molar refractivity (Wildman–Crippen MR) is 72.9 cm³/mol. The van der Waals surface area contributed by atoms with Crippen molar-refractivity contribution in [2.75, 3.05) is 13.1 Å². The van der Waals surface area contributed by atoms with Crippen molar-refractivity contribution >= 4 is 11.9 Å². The summed E-state index contributed by atoms with van der Waals surface area (Å²) in [6.07, 6.45) is 7.73. The normalized spacial score (nSPS) is 41.1. The standard InChI is InChI=1S/C16H23NO3/c18-14(13-10-3-1-2-4-11(10)13)17-7-5-16(6-8-17)9-12(16)15(19)20/h10-13H,1-9H2,(H,19,20). The first-order chi connectivity index (χ1) is 9.62. The topological polar surface area (TPSA) is 57.6 Å². The Bertz CT molecular complexity index is 441. The smallest absolute Gasteiger partial charge is 0.307 e. The van der Waals surface area contributed by atoms with E-state index in [0.717, 1.165) is 32.4 Å². The van der Waals surface area contributed by atoms with Crippen LogP contribution in [0, 0.1) is 29.1 Å². The third kappa shape index (κ3) is 1.80. The Morgan fingerprint density at radius 1 is 1.05 bits per heavy atom. The molecular weight excluding hydrogens is 254 g/mol. The van der Waals surface area contributed by atoms with E-state index in [1.54, 1.807) is 0 Å². The van der Waals surface area contributed by atoms with Crippen molar-refractivity contribution in [2.24, 2.45) is 29.1 Å². The maximum Gasteiger partial charge on any atom is 0.307 e. The van der Waals surface area contributed by atoms with Crippen LogP contribution in [0.15, 0.2) is 0 Å². The molecule has 20 heavy (non-hydrogen) atoms. The second-order valence-corrected chi connectivity index (χ2v) is 7.42. The van der Waals surface area contributed by atoms with E-state index in [1.807, 2.05) is 4.90 Å². The van der Waals surface area contributed by atoms with Crippen LogP contribution in [0.3, 0.4) is 0 Å². The number of carbonyl (C=O) groups excluding carboxylic acids is 1. The van der Waals surface area contributed by atoms with Gasteiger partial charge in [0.2, 0.25) is 5.91 Å². The zero-order chi connectivity index (χ0) is 13.9. The molecule has 1 N–H and O–H groups in total. The molecule has 3 saturated carbocycles. The third-order valence-corrected chi connectivity index (χ3v) is 6.50. The molecule has 3 unspecified atom stereocenters. The summed E-state index contributed by atoms with van der Waals surface area (Å²) in [7, 11) is 0. The van der Waals surface area contributed by atoms with Crippen LogP contribution < -0.4 is 0 Å². The van der Waals surface area contributed by atoms with Gasteiger partial charge in [-0.25, -0.2) is 0 Å². The van der Waals surface area contributed by atoms with Crippen LogP contribution in [-0.4, -0.2) is 35.0 Å². The highest BCUT2D eigenvalue weighted by Gasteiger charge is 2.61. The van der Waals surface area contributed by atoms with Gasteiger partial charge in [0.15, 0.2) is 0 Å². The Hall–Kier alpha value is -1.06. The van der Waals surface area contributed by atoms with Gasteiger partial charge in [-0.05, 0) is 49.4 Å². The number of carboxylic acids is 1. The van der Waals surface area contributed by atoms with E-state index >= 15 is 0 Å². The number of fused-ring (bicyclic) bond motifs is 1. The van der Waals surface area contributed by atoms with Crippen LogP contribution in [0.1, 0.15) is 44.9 Å². The van der Waals surface area contributed by atoms with E-state index in [4.69, 9.17) is 5.11 Å². The minimum absolute atomic E-state index is 0.0406. The number of nitrogens with zero attached hydrogens (tertiary/aromatic N) is 1. The minimum Gasteiger partial charge on any atom is -0.481 e. The van der Waals surface area contributed by atoms with Gasteiger partial charge in [-0.3, -0.25) is 9.59 Å². The lowest BCUT2D eigenvalue weighted by molar-refractivity contribution is -0.140. The van der Waals surface area contributed by atoms with Crippen molar-refractivity contribution in [3.8, 4) is 0 Å². The molecule has 4 fully saturated rings.